The van der Waals surface area contributed by atoms with Gasteiger partial charge in [0.25, 0.3) is 5.91 Å². The number of nitrogens with zero attached hydrogens (tertiary/aromatic N) is 3. The van der Waals surface area contributed by atoms with Crippen molar-refractivity contribution >= 4 is 17.2 Å². The van der Waals surface area contributed by atoms with Crippen LogP contribution in [0.1, 0.15) is 20.9 Å². The van der Waals surface area contributed by atoms with Crippen molar-refractivity contribution in [3.05, 3.63) is 70.5 Å². The molecule has 1 aromatic heterocycles. The first-order chi connectivity index (χ1) is 14.5. The number of hydrogen-bond donors (Lipinski definition) is 0. The Morgan fingerprint density at radius 2 is 1.73 bits per heavy atom. The molecule has 0 spiro atoms. The molecule has 30 heavy (non-hydrogen) atoms. The summed E-state index contributed by atoms with van der Waals surface area (Å²) in [6, 6.07) is 14.3. The third kappa shape index (κ3) is 4.52. The third-order valence-electron chi connectivity index (χ3n) is 5.31. The van der Waals surface area contributed by atoms with E-state index >= 15 is 0 Å². The first kappa shape index (κ1) is 20.5. The zero-order valence-corrected chi connectivity index (χ0v) is 17.9. The van der Waals surface area contributed by atoms with Crippen molar-refractivity contribution < 1.29 is 13.9 Å². The summed E-state index contributed by atoms with van der Waals surface area (Å²) in [6.07, 6.45) is 0. The number of aromatic nitrogens is 1. The zero-order valence-electron chi connectivity index (χ0n) is 17.1. The quantitative estimate of drug-likeness (QED) is 0.614. The number of carbonyl (C=O) groups excluding carboxylic acids is 1. The number of piperazine rings is 1. The minimum atomic E-state index is -0.282. The molecule has 1 aliphatic heterocycles. The molecule has 1 aliphatic rings. The number of halogens is 1. The molecule has 0 aliphatic carbocycles. The van der Waals surface area contributed by atoms with Crippen molar-refractivity contribution in [3.63, 3.8) is 0 Å². The van der Waals surface area contributed by atoms with Gasteiger partial charge in [-0.3, -0.25) is 9.69 Å². The van der Waals surface area contributed by atoms with Gasteiger partial charge in [-0.05, 0) is 48.9 Å². The molecule has 5 nitrogen and oxygen atoms in total. The minimum absolute atomic E-state index is 0.0301. The van der Waals surface area contributed by atoms with Gasteiger partial charge in [0.2, 0.25) is 0 Å². The van der Waals surface area contributed by atoms with Gasteiger partial charge in [-0.15, -0.1) is 11.3 Å². The average Bonchev–Trinajstić information content (AvgIpc) is 3.16. The average molecular weight is 426 g/mol. The highest BCUT2D eigenvalue weighted by Crippen LogP contribution is 2.29. The van der Waals surface area contributed by atoms with Crippen molar-refractivity contribution in [3.8, 4) is 16.3 Å². The highest BCUT2D eigenvalue weighted by molar-refractivity contribution is 7.17. The lowest BCUT2D eigenvalue weighted by molar-refractivity contribution is 0.0632. The molecule has 0 radical (unpaired) electrons. The zero-order chi connectivity index (χ0) is 21.1. The van der Waals surface area contributed by atoms with E-state index in [1.54, 1.807) is 19.2 Å². The Morgan fingerprint density at radius 1 is 1.07 bits per heavy atom. The van der Waals surface area contributed by atoms with Gasteiger partial charge >= 0.3 is 0 Å². The van der Waals surface area contributed by atoms with E-state index in [1.807, 2.05) is 24.0 Å². The Labute approximate surface area is 179 Å². The van der Waals surface area contributed by atoms with Crippen molar-refractivity contribution in [2.75, 3.05) is 33.3 Å². The van der Waals surface area contributed by atoms with Gasteiger partial charge in [-0.1, -0.05) is 12.1 Å². The standard InChI is InChI=1S/C23H24FN3O2S/c1-16-21(30-22(25-16)18-5-7-19(24)8-6-18)23(28)27-13-11-26(12-14-27)15-17-3-9-20(29-2)10-4-17/h3-10H,11-15H2,1-2H3. The molecule has 1 amide bonds. The molecule has 156 valence electrons. The molecule has 2 aromatic carbocycles. The second-order valence-electron chi connectivity index (χ2n) is 7.36. The molecule has 0 bridgehead atoms. The fraction of sp³-hybridized carbons (Fsp3) is 0.304. The SMILES string of the molecule is COc1ccc(CN2CCN(C(=O)c3sc(-c4ccc(F)cc4)nc3C)CC2)cc1. The number of thiazole rings is 1. The van der Waals surface area contributed by atoms with E-state index in [2.05, 4.69) is 22.0 Å². The van der Waals surface area contributed by atoms with Gasteiger partial charge in [-0.2, -0.15) is 0 Å². The summed E-state index contributed by atoms with van der Waals surface area (Å²) in [4.78, 5) is 22.5. The first-order valence-corrected chi connectivity index (χ1v) is 10.7. The number of aryl methyl sites for hydroxylation is 1. The summed E-state index contributed by atoms with van der Waals surface area (Å²) in [5, 5.41) is 0.744. The summed E-state index contributed by atoms with van der Waals surface area (Å²) < 4.78 is 18.4. The first-order valence-electron chi connectivity index (χ1n) is 9.91. The smallest absolute Gasteiger partial charge is 0.265 e. The van der Waals surface area contributed by atoms with E-state index in [9.17, 15) is 9.18 Å². The molecule has 2 heterocycles. The monoisotopic (exact) mass is 425 g/mol. The van der Waals surface area contributed by atoms with Crippen LogP contribution in [0.15, 0.2) is 48.5 Å². The van der Waals surface area contributed by atoms with Crippen LogP contribution in [0.3, 0.4) is 0 Å². The van der Waals surface area contributed by atoms with Crippen LogP contribution in [0.2, 0.25) is 0 Å². The second-order valence-corrected chi connectivity index (χ2v) is 8.36. The number of ether oxygens (including phenoxy) is 1. The molecule has 1 saturated heterocycles. The summed E-state index contributed by atoms with van der Waals surface area (Å²) >= 11 is 1.38. The van der Waals surface area contributed by atoms with Gasteiger partial charge in [0.05, 0.1) is 12.8 Å². The molecule has 3 aromatic rings. The lowest BCUT2D eigenvalue weighted by Gasteiger charge is -2.34. The molecular weight excluding hydrogens is 401 g/mol. The largest absolute Gasteiger partial charge is 0.497 e. The molecule has 0 unspecified atom stereocenters. The van der Waals surface area contributed by atoms with E-state index in [0.29, 0.717) is 18.0 Å². The maximum Gasteiger partial charge on any atom is 0.265 e. The van der Waals surface area contributed by atoms with Crippen molar-refractivity contribution in [1.82, 2.24) is 14.8 Å². The van der Waals surface area contributed by atoms with Crippen molar-refractivity contribution in [2.24, 2.45) is 0 Å². The minimum Gasteiger partial charge on any atom is -0.497 e. The Kier molecular flexibility index (Phi) is 6.11. The normalized spacial score (nSPS) is 14.7. The number of hydrogen-bond acceptors (Lipinski definition) is 5. The van der Waals surface area contributed by atoms with E-state index in [0.717, 1.165) is 41.6 Å². The molecule has 0 N–H and O–H groups in total. The maximum absolute atomic E-state index is 13.2. The predicted octanol–water partition coefficient (Wildman–Crippen LogP) is 4.22. The lowest BCUT2D eigenvalue weighted by atomic mass is 10.2. The number of methoxy groups -OCH3 is 1. The molecule has 4 rings (SSSR count). The van der Waals surface area contributed by atoms with Crippen LogP contribution in [0.25, 0.3) is 10.6 Å². The predicted molar refractivity (Wildman–Crippen MR) is 116 cm³/mol. The van der Waals surface area contributed by atoms with Crippen LogP contribution in [0, 0.1) is 12.7 Å². The van der Waals surface area contributed by atoms with E-state index in [1.165, 1.54) is 29.0 Å². The van der Waals surface area contributed by atoms with E-state index in [-0.39, 0.29) is 11.7 Å². The van der Waals surface area contributed by atoms with E-state index < -0.39 is 0 Å². The van der Waals surface area contributed by atoms with Gasteiger partial charge in [0.1, 0.15) is 21.5 Å². The second kappa shape index (κ2) is 8.93. The Morgan fingerprint density at radius 3 is 2.37 bits per heavy atom. The number of carbonyl (C=O) groups is 1. The topological polar surface area (TPSA) is 45.7 Å². The highest BCUT2D eigenvalue weighted by Gasteiger charge is 2.25. The van der Waals surface area contributed by atoms with Gasteiger partial charge in [0.15, 0.2) is 0 Å². The number of benzene rings is 2. The van der Waals surface area contributed by atoms with Crippen LogP contribution < -0.4 is 4.74 Å². The van der Waals surface area contributed by atoms with Gasteiger partial charge in [-0.25, -0.2) is 9.37 Å². The van der Waals surface area contributed by atoms with E-state index in [4.69, 9.17) is 4.74 Å². The highest BCUT2D eigenvalue weighted by atomic mass is 32.1. The lowest BCUT2D eigenvalue weighted by Crippen LogP contribution is -2.48. The van der Waals surface area contributed by atoms with Crippen molar-refractivity contribution in [2.45, 2.75) is 13.5 Å². The Hall–Kier alpha value is -2.77. The molecule has 1 fully saturated rings. The summed E-state index contributed by atoms with van der Waals surface area (Å²) in [5.41, 5.74) is 2.79. The molecule has 7 heteroatoms. The van der Waals surface area contributed by atoms with Crippen LogP contribution in [0.5, 0.6) is 5.75 Å². The third-order valence-corrected chi connectivity index (χ3v) is 6.50. The molecule has 0 saturated carbocycles. The Balaban J connectivity index is 1.37. The van der Waals surface area contributed by atoms with Gasteiger partial charge in [0, 0.05) is 38.3 Å². The van der Waals surface area contributed by atoms with Gasteiger partial charge < -0.3 is 9.64 Å². The molecular formula is C23H24FN3O2S. The van der Waals surface area contributed by atoms with Crippen LogP contribution in [-0.4, -0.2) is 54.0 Å². The van der Waals surface area contributed by atoms with Crippen LogP contribution >= 0.6 is 11.3 Å². The Bertz CT molecular complexity index is 1010. The maximum atomic E-state index is 13.2. The number of rotatable bonds is 5. The van der Waals surface area contributed by atoms with Crippen LogP contribution in [0.4, 0.5) is 4.39 Å². The summed E-state index contributed by atoms with van der Waals surface area (Å²) in [7, 11) is 1.67. The fourth-order valence-corrected chi connectivity index (χ4v) is 4.59. The summed E-state index contributed by atoms with van der Waals surface area (Å²) in [6.45, 7) is 5.77. The fourth-order valence-electron chi connectivity index (χ4n) is 3.55. The summed E-state index contributed by atoms with van der Waals surface area (Å²) in [5.74, 6) is 0.604. The number of amides is 1. The van der Waals surface area contributed by atoms with Crippen molar-refractivity contribution in [1.29, 1.82) is 0 Å². The van der Waals surface area contributed by atoms with Crippen LogP contribution in [-0.2, 0) is 6.54 Å². The molecule has 0 atom stereocenters.